The lowest BCUT2D eigenvalue weighted by Crippen LogP contribution is -2.35. The van der Waals surface area contributed by atoms with E-state index in [0.717, 1.165) is 24.1 Å². The van der Waals surface area contributed by atoms with Crippen LogP contribution in [0.3, 0.4) is 0 Å². The molecule has 1 aromatic carbocycles. The van der Waals surface area contributed by atoms with E-state index in [1.807, 2.05) is 6.92 Å². The third-order valence-corrected chi connectivity index (χ3v) is 7.18. The maximum Gasteiger partial charge on any atom is 0.257 e. The standard InChI is InChI=1S/C16H18ClN3O3S2/c1-11-10-18-16(24-11)19-15(21)12-5-6-13(17)14(9-12)25(22,23)20-7-3-2-4-8-20/h5-6,9-10H,2-4,7-8H2,1H3,(H,18,19,21). The zero-order valence-corrected chi connectivity index (χ0v) is 16.0. The van der Waals surface area contributed by atoms with Crippen molar-refractivity contribution in [2.45, 2.75) is 31.1 Å². The van der Waals surface area contributed by atoms with Crippen LogP contribution >= 0.6 is 22.9 Å². The Balaban J connectivity index is 1.88. The molecule has 0 saturated carbocycles. The molecule has 1 aliphatic heterocycles. The Bertz CT molecular complexity index is 890. The van der Waals surface area contributed by atoms with E-state index >= 15 is 0 Å². The molecular weight excluding hydrogens is 382 g/mol. The van der Waals surface area contributed by atoms with Crippen LogP contribution in [0, 0.1) is 6.92 Å². The summed E-state index contributed by atoms with van der Waals surface area (Å²) in [6, 6.07) is 4.29. The number of sulfonamides is 1. The van der Waals surface area contributed by atoms with Crippen molar-refractivity contribution in [3.63, 3.8) is 0 Å². The number of piperidine rings is 1. The Kier molecular flexibility index (Phi) is 5.43. The van der Waals surface area contributed by atoms with Gasteiger partial charge >= 0.3 is 0 Å². The molecule has 6 nitrogen and oxygen atoms in total. The summed E-state index contributed by atoms with van der Waals surface area (Å²) in [5, 5.41) is 3.26. The zero-order valence-electron chi connectivity index (χ0n) is 13.7. The first kappa shape index (κ1) is 18.3. The molecular formula is C16H18ClN3O3S2. The van der Waals surface area contributed by atoms with Crippen molar-refractivity contribution >= 4 is 44.0 Å². The number of nitrogens with zero attached hydrogens (tertiary/aromatic N) is 2. The van der Waals surface area contributed by atoms with E-state index in [0.29, 0.717) is 18.2 Å². The quantitative estimate of drug-likeness (QED) is 0.852. The molecule has 1 saturated heterocycles. The molecule has 0 unspecified atom stereocenters. The predicted molar refractivity (Wildman–Crippen MR) is 98.9 cm³/mol. The summed E-state index contributed by atoms with van der Waals surface area (Å²) in [6.45, 7) is 2.85. The normalized spacial score (nSPS) is 15.9. The average Bonchev–Trinajstić information content (AvgIpc) is 3.00. The van der Waals surface area contributed by atoms with Crippen molar-refractivity contribution in [3.05, 3.63) is 39.9 Å². The van der Waals surface area contributed by atoms with Gasteiger partial charge in [-0.3, -0.25) is 10.1 Å². The van der Waals surface area contributed by atoms with Crippen molar-refractivity contribution in [3.8, 4) is 0 Å². The Morgan fingerprint density at radius 1 is 1.28 bits per heavy atom. The molecule has 2 heterocycles. The summed E-state index contributed by atoms with van der Waals surface area (Å²) in [4.78, 5) is 17.4. The van der Waals surface area contributed by atoms with Crippen LogP contribution in [0.4, 0.5) is 5.13 Å². The van der Waals surface area contributed by atoms with E-state index in [2.05, 4.69) is 10.3 Å². The van der Waals surface area contributed by atoms with Crippen molar-refractivity contribution in [2.24, 2.45) is 0 Å². The molecule has 0 radical (unpaired) electrons. The van der Waals surface area contributed by atoms with Crippen LogP contribution in [0.1, 0.15) is 34.5 Å². The number of benzene rings is 1. The van der Waals surface area contributed by atoms with Gasteiger partial charge in [-0.1, -0.05) is 18.0 Å². The van der Waals surface area contributed by atoms with Crippen LogP contribution < -0.4 is 5.32 Å². The Labute approximate surface area is 155 Å². The van der Waals surface area contributed by atoms with E-state index in [1.165, 1.54) is 33.8 Å². The van der Waals surface area contributed by atoms with Crippen LogP contribution in [0.15, 0.2) is 29.3 Å². The molecule has 0 aliphatic carbocycles. The molecule has 0 spiro atoms. The topological polar surface area (TPSA) is 79.4 Å². The molecule has 1 aliphatic rings. The highest BCUT2D eigenvalue weighted by Gasteiger charge is 2.28. The highest BCUT2D eigenvalue weighted by molar-refractivity contribution is 7.89. The SMILES string of the molecule is Cc1cnc(NC(=O)c2ccc(Cl)c(S(=O)(=O)N3CCCCC3)c2)s1. The first-order chi connectivity index (χ1) is 11.9. The summed E-state index contributed by atoms with van der Waals surface area (Å²) in [7, 11) is -3.71. The third kappa shape index (κ3) is 4.03. The van der Waals surface area contributed by atoms with E-state index in [9.17, 15) is 13.2 Å². The molecule has 3 rings (SSSR count). The van der Waals surface area contributed by atoms with Gasteiger partial charge in [0.15, 0.2) is 5.13 Å². The fourth-order valence-electron chi connectivity index (χ4n) is 2.67. The second kappa shape index (κ2) is 7.41. The fourth-order valence-corrected chi connectivity index (χ4v) is 5.35. The number of carbonyl (C=O) groups is 1. The molecule has 0 bridgehead atoms. The number of hydrogen-bond acceptors (Lipinski definition) is 5. The molecule has 1 fully saturated rings. The van der Waals surface area contributed by atoms with E-state index in [1.54, 1.807) is 6.20 Å². The molecule has 25 heavy (non-hydrogen) atoms. The van der Waals surface area contributed by atoms with Gasteiger partial charge in [-0.2, -0.15) is 4.31 Å². The number of aryl methyl sites for hydroxylation is 1. The van der Waals surface area contributed by atoms with Gasteiger partial charge in [-0.05, 0) is 38.0 Å². The molecule has 2 aromatic rings. The summed E-state index contributed by atoms with van der Waals surface area (Å²) >= 11 is 7.47. The van der Waals surface area contributed by atoms with Gasteiger partial charge in [-0.25, -0.2) is 13.4 Å². The molecule has 1 amide bonds. The number of amides is 1. The highest BCUT2D eigenvalue weighted by Crippen LogP contribution is 2.28. The van der Waals surface area contributed by atoms with Crippen LogP contribution in [0.25, 0.3) is 0 Å². The third-order valence-electron chi connectivity index (χ3n) is 3.97. The first-order valence-electron chi connectivity index (χ1n) is 7.91. The van der Waals surface area contributed by atoms with Crippen LogP contribution in [-0.2, 0) is 10.0 Å². The maximum absolute atomic E-state index is 12.8. The molecule has 0 atom stereocenters. The van der Waals surface area contributed by atoms with Gasteiger partial charge in [0.05, 0.1) is 5.02 Å². The van der Waals surface area contributed by atoms with E-state index < -0.39 is 15.9 Å². The van der Waals surface area contributed by atoms with Crippen LogP contribution in [0.5, 0.6) is 0 Å². The number of carbonyl (C=O) groups excluding carboxylic acids is 1. The maximum atomic E-state index is 12.8. The lowest BCUT2D eigenvalue weighted by molar-refractivity contribution is 0.102. The van der Waals surface area contributed by atoms with Crippen molar-refractivity contribution in [1.29, 1.82) is 0 Å². The fraction of sp³-hybridized carbons (Fsp3) is 0.375. The van der Waals surface area contributed by atoms with Gasteiger partial charge in [0.25, 0.3) is 5.91 Å². The summed E-state index contributed by atoms with van der Waals surface area (Å²) in [5.41, 5.74) is 0.229. The monoisotopic (exact) mass is 399 g/mol. The summed E-state index contributed by atoms with van der Waals surface area (Å²) < 4.78 is 27.1. The molecule has 9 heteroatoms. The number of thiazole rings is 1. The molecule has 1 N–H and O–H groups in total. The van der Waals surface area contributed by atoms with Gasteiger partial charge in [0.2, 0.25) is 10.0 Å². The Morgan fingerprint density at radius 2 is 2.00 bits per heavy atom. The number of anilines is 1. The van der Waals surface area contributed by atoms with E-state index in [4.69, 9.17) is 11.6 Å². The second-order valence-electron chi connectivity index (χ2n) is 5.84. The zero-order chi connectivity index (χ0) is 18.0. The van der Waals surface area contributed by atoms with Gasteiger partial charge in [0, 0.05) is 29.7 Å². The smallest absolute Gasteiger partial charge is 0.257 e. The average molecular weight is 400 g/mol. The minimum absolute atomic E-state index is 0.0287. The Hall–Kier alpha value is -1.48. The van der Waals surface area contributed by atoms with E-state index in [-0.39, 0.29) is 15.5 Å². The van der Waals surface area contributed by atoms with Gasteiger partial charge in [-0.15, -0.1) is 11.3 Å². The first-order valence-corrected chi connectivity index (χ1v) is 10.5. The summed E-state index contributed by atoms with van der Waals surface area (Å²) in [6.07, 6.45) is 4.35. The predicted octanol–water partition coefficient (Wildman–Crippen LogP) is 3.53. The number of hydrogen-bond donors (Lipinski definition) is 1. The second-order valence-corrected chi connectivity index (χ2v) is 9.39. The Morgan fingerprint density at radius 3 is 2.64 bits per heavy atom. The lowest BCUT2D eigenvalue weighted by atomic mass is 10.2. The molecule has 134 valence electrons. The van der Waals surface area contributed by atoms with Crippen molar-refractivity contribution in [2.75, 3.05) is 18.4 Å². The largest absolute Gasteiger partial charge is 0.298 e. The van der Waals surface area contributed by atoms with Crippen LogP contribution in [-0.4, -0.2) is 36.7 Å². The van der Waals surface area contributed by atoms with Crippen molar-refractivity contribution in [1.82, 2.24) is 9.29 Å². The number of aromatic nitrogens is 1. The number of nitrogens with one attached hydrogen (secondary N) is 1. The van der Waals surface area contributed by atoms with Gasteiger partial charge in [0.1, 0.15) is 4.90 Å². The van der Waals surface area contributed by atoms with Crippen LogP contribution in [0.2, 0.25) is 5.02 Å². The number of rotatable bonds is 4. The minimum atomic E-state index is -3.71. The van der Waals surface area contributed by atoms with Crippen molar-refractivity contribution < 1.29 is 13.2 Å². The highest BCUT2D eigenvalue weighted by atomic mass is 35.5. The number of halogens is 1. The summed E-state index contributed by atoms with van der Waals surface area (Å²) in [5.74, 6) is -0.416. The lowest BCUT2D eigenvalue weighted by Gasteiger charge is -2.26. The minimum Gasteiger partial charge on any atom is -0.298 e. The molecule has 1 aromatic heterocycles. The van der Waals surface area contributed by atoms with Gasteiger partial charge < -0.3 is 0 Å².